The van der Waals surface area contributed by atoms with Crippen LogP contribution in [0.1, 0.15) is 93.1 Å². The van der Waals surface area contributed by atoms with E-state index in [1.807, 2.05) is 53.7 Å². The third-order valence-corrected chi connectivity index (χ3v) is 7.02. The summed E-state index contributed by atoms with van der Waals surface area (Å²) in [5, 5.41) is 12.6. The Balaban J connectivity index is 0.00000408. The quantitative estimate of drug-likeness (QED) is 0.644. The summed E-state index contributed by atoms with van der Waals surface area (Å²) in [6.45, 7) is 20.2. The van der Waals surface area contributed by atoms with Gasteiger partial charge in [0, 0.05) is 24.2 Å². The Labute approximate surface area is 199 Å². The van der Waals surface area contributed by atoms with E-state index in [1.54, 1.807) is 0 Å². The average Bonchev–Trinajstić information content (AvgIpc) is 2.69. The predicted molar refractivity (Wildman–Crippen MR) is 132 cm³/mol. The Morgan fingerprint density at radius 1 is 1.06 bits per heavy atom. The molecule has 1 aromatic heterocycles. The van der Waals surface area contributed by atoms with Gasteiger partial charge in [0.15, 0.2) is 0 Å². The van der Waals surface area contributed by atoms with Crippen LogP contribution in [0.5, 0.6) is 5.75 Å². The monoisotopic (exact) mass is 450 g/mol. The van der Waals surface area contributed by atoms with E-state index in [9.17, 15) is 10.1 Å². The number of aromatic nitrogens is 2. The summed E-state index contributed by atoms with van der Waals surface area (Å²) in [4.78, 5) is 22.4. The maximum absolute atomic E-state index is 13.3. The molecule has 0 atom stereocenters. The van der Waals surface area contributed by atoms with Crippen LogP contribution in [0.3, 0.4) is 0 Å². The van der Waals surface area contributed by atoms with E-state index < -0.39 is 0 Å². The second-order valence-corrected chi connectivity index (χ2v) is 10.9. The molecule has 1 aliphatic rings. The summed E-state index contributed by atoms with van der Waals surface area (Å²) < 4.78 is 6.46. The van der Waals surface area contributed by atoms with Gasteiger partial charge in [-0.05, 0) is 51.0 Å². The molecular weight excluding hydrogens is 412 g/mol. The van der Waals surface area contributed by atoms with Gasteiger partial charge in [-0.1, -0.05) is 41.5 Å². The van der Waals surface area contributed by atoms with Gasteiger partial charge in [-0.2, -0.15) is 5.26 Å². The summed E-state index contributed by atoms with van der Waals surface area (Å²) in [5.41, 5.74) is 3.87. The molecule has 1 saturated carbocycles. The Kier molecular flexibility index (Phi) is 6.32. The van der Waals surface area contributed by atoms with Gasteiger partial charge in [0.1, 0.15) is 17.7 Å². The van der Waals surface area contributed by atoms with Crippen LogP contribution < -0.4 is 10.1 Å². The molecule has 1 amide bonds. The zero-order chi connectivity index (χ0) is 24.9. The highest BCUT2D eigenvalue weighted by atomic mass is 16.5. The van der Waals surface area contributed by atoms with Crippen molar-refractivity contribution in [3.8, 4) is 11.8 Å². The number of benzene rings is 1. The van der Waals surface area contributed by atoms with E-state index in [0.29, 0.717) is 22.5 Å². The van der Waals surface area contributed by atoms with Gasteiger partial charge in [0.25, 0.3) is 5.91 Å². The Morgan fingerprint density at radius 3 is 1.97 bits per heavy atom. The highest BCUT2D eigenvalue weighted by Crippen LogP contribution is 2.55. The minimum absolute atomic E-state index is 0. The Morgan fingerprint density at radius 2 is 1.55 bits per heavy atom. The van der Waals surface area contributed by atoms with Crippen LogP contribution in [0.25, 0.3) is 0 Å². The highest BCUT2D eigenvalue weighted by molar-refractivity contribution is 5.96. The lowest BCUT2D eigenvalue weighted by Crippen LogP contribution is -2.74. The number of carbonyl (C=O) groups excluding carboxylic acids is 1. The number of carbonyl (C=O) groups is 1. The van der Waals surface area contributed by atoms with Crippen molar-refractivity contribution in [2.45, 2.75) is 87.3 Å². The van der Waals surface area contributed by atoms with Crippen LogP contribution >= 0.6 is 0 Å². The van der Waals surface area contributed by atoms with Crippen molar-refractivity contribution in [3.05, 3.63) is 51.6 Å². The molecule has 0 spiro atoms. The molecule has 6 nitrogen and oxygen atoms in total. The number of nitriles is 1. The Bertz CT molecular complexity index is 1090. The molecule has 0 aliphatic heterocycles. The molecular formula is C27H38N4O2. The van der Waals surface area contributed by atoms with Crippen LogP contribution in [0.2, 0.25) is 0 Å². The van der Waals surface area contributed by atoms with Crippen molar-refractivity contribution >= 4 is 5.91 Å². The number of amides is 1. The maximum Gasteiger partial charge on any atom is 0.255 e. The SMILES string of the molecule is Cc1cc(OC2C(C)(C)C(NC(=O)c3c(C)nc(C(C)C)nc3C)C2(C)C)cc(C)c1C#N.[HH]. The number of aryl methyl sites for hydroxylation is 4. The summed E-state index contributed by atoms with van der Waals surface area (Å²) in [7, 11) is 0. The summed E-state index contributed by atoms with van der Waals surface area (Å²) in [5.74, 6) is 1.57. The zero-order valence-electron chi connectivity index (χ0n) is 21.5. The maximum atomic E-state index is 13.3. The Hall–Kier alpha value is -2.94. The minimum Gasteiger partial charge on any atom is -0.489 e. The molecule has 3 rings (SSSR count). The van der Waals surface area contributed by atoms with Crippen molar-refractivity contribution in [2.75, 3.05) is 0 Å². The smallest absolute Gasteiger partial charge is 0.255 e. The standard InChI is InChI=1S/C27H36N4O2.H2/c1-14(2)22-29-17(5)21(18(6)30-22)23(32)31-24-26(7,8)25(27(24,9)10)33-19-11-15(3)20(13-28)16(4)12-19;/h11-12,14,24-25H,1-10H3,(H,31,32);1H. The van der Waals surface area contributed by atoms with Crippen molar-refractivity contribution < 1.29 is 11.0 Å². The molecule has 6 heteroatoms. The second-order valence-electron chi connectivity index (χ2n) is 10.9. The highest BCUT2D eigenvalue weighted by Gasteiger charge is 2.64. The number of hydrogen-bond donors (Lipinski definition) is 1. The van der Waals surface area contributed by atoms with Gasteiger partial charge in [-0.3, -0.25) is 4.79 Å². The molecule has 178 valence electrons. The summed E-state index contributed by atoms with van der Waals surface area (Å²) in [6, 6.07) is 6.00. The lowest BCUT2D eigenvalue weighted by Gasteiger charge is -2.63. The minimum atomic E-state index is -0.296. The number of ether oxygens (including phenoxy) is 1. The zero-order valence-corrected chi connectivity index (χ0v) is 21.5. The molecule has 2 aromatic rings. The third-order valence-electron chi connectivity index (χ3n) is 7.02. The summed E-state index contributed by atoms with van der Waals surface area (Å²) >= 11 is 0. The molecule has 0 bridgehead atoms. The van der Waals surface area contributed by atoms with Crippen LogP contribution in [-0.4, -0.2) is 28.0 Å². The van der Waals surface area contributed by atoms with Crippen LogP contribution in [-0.2, 0) is 0 Å². The third kappa shape index (κ3) is 4.21. The molecule has 0 saturated heterocycles. The average molecular weight is 451 g/mol. The number of rotatable bonds is 5. The fraction of sp³-hybridized carbons (Fsp3) is 0.556. The fourth-order valence-corrected chi connectivity index (χ4v) is 5.64. The first-order valence-corrected chi connectivity index (χ1v) is 11.6. The van der Waals surface area contributed by atoms with Crippen molar-refractivity contribution in [1.82, 2.24) is 15.3 Å². The lowest BCUT2D eigenvalue weighted by molar-refractivity contribution is -0.164. The number of nitrogens with zero attached hydrogens (tertiary/aromatic N) is 3. The van der Waals surface area contributed by atoms with E-state index in [2.05, 4.69) is 49.0 Å². The van der Waals surface area contributed by atoms with Crippen LogP contribution in [0.15, 0.2) is 12.1 Å². The largest absolute Gasteiger partial charge is 0.489 e. The van der Waals surface area contributed by atoms with E-state index in [1.165, 1.54) is 0 Å². The molecule has 1 heterocycles. The summed E-state index contributed by atoms with van der Waals surface area (Å²) in [6.07, 6.45) is -0.108. The van der Waals surface area contributed by atoms with E-state index >= 15 is 0 Å². The van der Waals surface area contributed by atoms with Crippen LogP contribution in [0.4, 0.5) is 0 Å². The first-order valence-electron chi connectivity index (χ1n) is 11.6. The molecule has 1 aliphatic carbocycles. The second kappa shape index (κ2) is 8.44. The number of nitrogens with one attached hydrogen (secondary N) is 1. The first kappa shape index (κ1) is 24.7. The van der Waals surface area contributed by atoms with Gasteiger partial charge in [-0.25, -0.2) is 9.97 Å². The molecule has 1 N–H and O–H groups in total. The van der Waals surface area contributed by atoms with E-state index in [-0.39, 0.29) is 36.2 Å². The molecule has 0 radical (unpaired) electrons. The fourth-order valence-electron chi connectivity index (χ4n) is 5.64. The van der Waals surface area contributed by atoms with Gasteiger partial charge in [0.05, 0.1) is 28.6 Å². The molecule has 0 unspecified atom stereocenters. The van der Waals surface area contributed by atoms with E-state index in [4.69, 9.17) is 4.74 Å². The predicted octanol–water partition coefficient (Wildman–Crippen LogP) is 5.56. The molecule has 33 heavy (non-hydrogen) atoms. The van der Waals surface area contributed by atoms with Crippen LogP contribution in [0, 0.1) is 49.9 Å². The van der Waals surface area contributed by atoms with Crippen molar-refractivity contribution in [1.29, 1.82) is 5.26 Å². The van der Waals surface area contributed by atoms with Gasteiger partial charge < -0.3 is 10.1 Å². The van der Waals surface area contributed by atoms with Crippen molar-refractivity contribution in [2.24, 2.45) is 10.8 Å². The van der Waals surface area contributed by atoms with Gasteiger partial charge in [-0.15, -0.1) is 0 Å². The first-order chi connectivity index (χ1) is 15.2. The lowest BCUT2D eigenvalue weighted by atomic mass is 9.49. The molecule has 1 fully saturated rings. The van der Waals surface area contributed by atoms with Gasteiger partial charge >= 0.3 is 0 Å². The normalized spacial score (nSPS) is 20.7. The number of hydrogen-bond acceptors (Lipinski definition) is 5. The van der Waals surface area contributed by atoms with Crippen molar-refractivity contribution in [3.63, 3.8) is 0 Å². The topological polar surface area (TPSA) is 87.9 Å². The molecule has 1 aromatic carbocycles. The van der Waals surface area contributed by atoms with E-state index in [0.717, 1.165) is 22.7 Å². The van der Waals surface area contributed by atoms with Gasteiger partial charge in [0.2, 0.25) is 0 Å².